The van der Waals surface area contributed by atoms with Gasteiger partial charge in [-0.3, -0.25) is 0 Å². The van der Waals surface area contributed by atoms with Gasteiger partial charge in [0.1, 0.15) is 0 Å². The number of nitrogens with zero attached hydrogens (tertiary/aromatic N) is 4. The summed E-state index contributed by atoms with van der Waals surface area (Å²) in [5, 5.41) is 0. The van der Waals surface area contributed by atoms with Gasteiger partial charge in [-0.2, -0.15) is 0 Å². The number of anilines is 3. The molecule has 2 aliphatic rings. The number of pyridine rings is 1. The van der Waals surface area contributed by atoms with Crippen molar-refractivity contribution in [3.8, 4) is 56.3 Å². The zero-order valence-corrected chi connectivity index (χ0v) is 45.2. The maximum atomic E-state index is 7.31. The van der Waals surface area contributed by atoms with Gasteiger partial charge in [-0.1, -0.05) is 87.5 Å². The first kappa shape index (κ1) is 46.7. The number of benzene rings is 9. The van der Waals surface area contributed by atoms with Crippen molar-refractivity contribution in [3.63, 3.8) is 0 Å². The van der Waals surface area contributed by atoms with Crippen LogP contribution in [0, 0.1) is 3.80 Å². The van der Waals surface area contributed by atoms with Crippen LogP contribution < -0.4 is 9.64 Å². The van der Waals surface area contributed by atoms with Gasteiger partial charge in [0, 0.05) is 6.20 Å². The van der Waals surface area contributed by atoms with Crippen LogP contribution in [0.2, 0.25) is 0 Å². The summed E-state index contributed by atoms with van der Waals surface area (Å²) in [5.74, 6) is 2.36. The van der Waals surface area contributed by atoms with Gasteiger partial charge in [0.25, 0.3) is 0 Å². The summed E-state index contributed by atoms with van der Waals surface area (Å²) < 4.78 is 13.2. The van der Waals surface area contributed by atoms with E-state index in [1.807, 2.05) is 6.20 Å². The van der Waals surface area contributed by atoms with Crippen LogP contribution in [0.1, 0.15) is 74.9 Å². The SMILES string of the molecule is CC(C)(C)c1cc(Oc2ccc3c(c2)N(c2cc(C(C)(C)C)ccn2)c2ccccc2C32c3ccccc3-c3ccccc32)cc(-n2[c](=[Pt])n(-c3c(-c4ccccc4)cccc3-c3ccccc3)c3ccccc32)c1. The van der Waals surface area contributed by atoms with E-state index < -0.39 is 5.41 Å². The second kappa shape index (κ2) is 17.8. The number of aromatic nitrogens is 3. The fraction of sp³-hybridized carbons (Fsp3) is 0.130. The standard InChI is InChI=1S/C69H56N4O.Pt/c1-67(2,3)48-38-39-70-65(42-48)73-61-33-18-17-32-59(61)69(57-30-15-13-26-55(57)56-27-14-16-31-58(56)69)60-37-36-51(44-64(60)73)74-52-41-49(68(4,5)6)40-50(43-52)71-45-72(63-35-20-19-34-62(63)71)66-53(46-22-9-7-10-23-46)28-21-29-54(66)47-24-11-8-12-25-47;/h7-44H,1-6H3;. The van der Waals surface area contributed by atoms with Crippen LogP contribution in [0.5, 0.6) is 11.5 Å². The molecule has 3 heterocycles. The number of imidazole rings is 1. The number of rotatable bonds is 7. The molecule has 0 amide bonds. The van der Waals surface area contributed by atoms with Gasteiger partial charge in [-0.05, 0) is 28.2 Å². The molecule has 0 N–H and O–H groups in total. The Morgan fingerprint density at radius 1 is 0.427 bits per heavy atom. The van der Waals surface area contributed by atoms with E-state index in [2.05, 4.69) is 299 Å². The number of fused-ring (bicyclic) bond motifs is 10. The molecule has 0 unspecified atom stereocenters. The van der Waals surface area contributed by atoms with Gasteiger partial charge in [-0.15, -0.1) is 0 Å². The van der Waals surface area contributed by atoms with Crippen LogP contribution in [-0.2, 0) is 35.6 Å². The van der Waals surface area contributed by atoms with Gasteiger partial charge < -0.3 is 0 Å². The van der Waals surface area contributed by atoms with E-state index in [4.69, 9.17) is 9.72 Å². The number of hydrogen-bond donors (Lipinski definition) is 0. The van der Waals surface area contributed by atoms with Gasteiger partial charge >= 0.3 is 331 Å². The Bertz CT molecular complexity index is 4000. The van der Waals surface area contributed by atoms with Crippen molar-refractivity contribution in [1.29, 1.82) is 0 Å². The zero-order chi connectivity index (χ0) is 51.2. The molecular formula is C69H56N4OPt. The fourth-order valence-electron chi connectivity index (χ4n) is 11.8. The Hall–Kier alpha value is -8.11. The third-order valence-electron chi connectivity index (χ3n) is 15.3. The molecule has 0 radical (unpaired) electrons. The summed E-state index contributed by atoms with van der Waals surface area (Å²) >= 11 is 2.55. The predicted octanol–water partition coefficient (Wildman–Crippen LogP) is 17.8. The number of ether oxygens (including phenoxy) is 1. The molecule has 11 aromatic rings. The van der Waals surface area contributed by atoms with E-state index in [0.717, 1.165) is 77.2 Å². The molecule has 13 rings (SSSR count). The van der Waals surface area contributed by atoms with E-state index >= 15 is 0 Å². The first-order valence-corrected chi connectivity index (χ1v) is 27.0. The summed E-state index contributed by atoms with van der Waals surface area (Å²) in [5.41, 5.74) is 20.1. The quantitative estimate of drug-likeness (QED) is 0.160. The Morgan fingerprint density at radius 2 is 0.960 bits per heavy atom. The molecule has 0 atom stereocenters. The zero-order valence-electron chi connectivity index (χ0n) is 43.0. The molecule has 5 nitrogen and oxygen atoms in total. The molecule has 1 aliphatic heterocycles. The summed E-state index contributed by atoms with van der Waals surface area (Å²) in [6.07, 6.45) is 1.96. The second-order valence-electron chi connectivity index (χ2n) is 21.9. The molecule has 1 aliphatic carbocycles. The Labute approximate surface area is 450 Å². The average molecular weight is 1150 g/mol. The van der Waals surface area contributed by atoms with Crippen LogP contribution >= 0.6 is 0 Å². The van der Waals surface area contributed by atoms with Crippen LogP contribution in [-0.4, -0.2) is 14.1 Å². The summed E-state index contributed by atoms with van der Waals surface area (Å²) in [7, 11) is 0. The Kier molecular flexibility index (Phi) is 11.1. The molecule has 1 spiro atoms. The van der Waals surface area contributed by atoms with E-state index in [9.17, 15) is 0 Å². The van der Waals surface area contributed by atoms with Crippen LogP contribution in [0.3, 0.4) is 0 Å². The number of para-hydroxylation sites is 4. The molecule has 2 aromatic heterocycles. The van der Waals surface area contributed by atoms with E-state index in [1.165, 1.54) is 44.5 Å². The van der Waals surface area contributed by atoms with E-state index in [-0.39, 0.29) is 10.8 Å². The molecule has 368 valence electrons. The van der Waals surface area contributed by atoms with Crippen molar-refractivity contribution in [2.45, 2.75) is 57.8 Å². The molecular weight excluding hydrogens is 1100 g/mol. The topological polar surface area (TPSA) is 35.2 Å². The normalized spacial score (nSPS) is 13.4. The maximum absolute atomic E-state index is 7.31. The van der Waals surface area contributed by atoms with Crippen LogP contribution in [0.25, 0.3) is 55.8 Å². The monoisotopic (exact) mass is 1150 g/mol. The Morgan fingerprint density at radius 3 is 1.59 bits per heavy atom. The predicted molar refractivity (Wildman–Crippen MR) is 304 cm³/mol. The molecule has 6 heteroatoms. The van der Waals surface area contributed by atoms with Gasteiger partial charge in [0.2, 0.25) is 0 Å². The summed E-state index contributed by atoms with van der Waals surface area (Å²) in [6, 6.07) is 81.7. The van der Waals surface area contributed by atoms with E-state index in [0.29, 0.717) is 0 Å². The van der Waals surface area contributed by atoms with Crippen molar-refractivity contribution in [1.82, 2.24) is 14.1 Å². The summed E-state index contributed by atoms with van der Waals surface area (Å²) in [6.45, 7) is 13.6. The third-order valence-corrected chi connectivity index (χ3v) is 16.4. The summed E-state index contributed by atoms with van der Waals surface area (Å²) in [4.78, 5) is 7.52. The molecule has 0 fully saturated rings. The van der Waals surface area contributed by atoms with Crippen molar-refractivity contribution < 1.29 is 24.1 Å². The molecule has 0 bridgehead atoms. The van der Waals surface area contributed by atoms with Crippen molar-refractivity contribution in [3.05, 3.63) is 268 Å². The third kappa shape index (κ3) is 7.54. The van der Waals surface area contributed by atoms with Gasteiger partial charge in [-0.25, -0.2) is 0 Å². The molecule has 75 heavy (non-hydrogen) atoms. The van der Waals surface area contributed by atoms with Crippen molar-refractivity contribution in [2.24, 2.45) is 0 Å². The van der Waals surface area contributed by atoms with Gasteiger partial charge in [0.05, 0.1) is 0 Å². The Balaban J connectivity index is 1.02. The molecule has 9 aromatic carbocycles. The molecule has 0 saturated heterocycles. The van der Waals surface area contributed by atoms with E-state index in [1.54, 1.807) is 0 Å². The van der Waals surface area contributed by atoms with Crippen molar-refractivity contribution in [2.75, 3.05) is 4.90 Å². The van der Waals surface area contributed by atoms with Crippen molar-refractivity contribution >= 4 is 28.2 Å². The minimum atomic E-state index is -0.587. The van der Waals surface area contributed by atoms with Crippen LogP contribution in [0.15, 0.2) is 231 Å². The molecule has 0 saturated carbocycles. The number of hydrogen-bond acceptors (Lipinski definition) is 3. The van der Waals surface area contributed by atoms with Gasteiger partial charge in [0.15, 0.2) is 0 Å². The van der Waals surface area contributed by atoms with Crippen LogP contribution in [0.4, 0.5) is 17.2 Å². The minimum absolute atomic E-state index is 0.0846. The second-order valence-corrected chi connectivity index (χ2v) is 22.9. The first-order chi connectivity index (χ1) is 36.4. The fourth-order valence-corrected chi connectivity index (χ4v) is 12.9. The first-order valence-electron chi connectivity index (χ1n) is 25.9. The average Bonchev–Trinajstić information content (AvgIpc) is 4.15.